The fourth-order valence-corrected chi connectivity index (χ4v) is 1.88. The van der Waals surface area contributed by atoms with Crippen LogP contribution < -0.4 is 0 Å². The van der Waals surface area contributed by atoms with E-state index in [-0.39, 0.29) is 11.9 Å². The van der Waals surface area contributed by atoms with E-state index in [2.05, 4.69) is 0 Å². The van der Waals surface area contributed by atoms with Crippen molar-refractivity contribution in [2.45, 2.75) is 17.1 Å². The highest BCUT2D eigenvalue weighted by molar-refractivity contribution is 7.85. The van der Waals surface area contributed by atoms with Gasteiger partial charge in [-0.1, -0.05) is 18.2 Å². The van der Waals surface area contributed by atoms with Crippen LogP contribution in [0.25, 0.3) is 0 Å². The minimum atomic E-state index is -1.08. The Morgan fingerprint density at radius 3 is 2.50 bits per heavy atom. The van der Waals surface area contributed by atoms with Crippen LogP contribution >= 0.6 is 0 Å². The van der Waals surface area contributed by atoms with Gasteiger partial charge in [0.2, 0.25) is 0 Å². The molecular weight excluding hydrogens is 172 g/mol. The predicted molar refractivity (Wildman–Crippen MR) is 49.4 cm³/mol. The van der Waals surface area contributed by atoms with Crippen LogP contribution in [0.4, 0.5) is 0 Å². The van der Waals surface area contributed by atoms with Gasteiger partial charge in [-0.05, 0) is 19.1 Å². The quantitative estimate of drug-likeness (QED) is 0.765. The molecular formula is C9H12O2S. The maximum Gasteiger partial charge on any atom is 0.0597 e. The lowest BCUT2D eigenvalue weighted by atomic mass is 10.4. The Hall–Kier alpha value is -0.670. The maximum atomic E-state index is 11.5. The molecule has 1 aromatic rings. The van der Waals surface area contributed by atoms with E-state index in [1.165, 1.54) is 0 Å². The summed E-state index contributed by atoms with van der Waals surface area (Å²) in [7, 11) is -1.08. The lowest BCUT2D eigenvalue weighted by Crippen LogP contribution is -2.15. The third-order valence-electron chi connectivity index (χ3n) is 1.60. The summed E-state index contributed by atoms with van der Waals surface area (Å²) in [4.78, 5) is 0.777. The molecule has 0 spiro atoms. The molecule has 1 unspecified atom stereocenters. The first kappa shape index (κ1) is 9.42. The van der Waals surface area contributed by atoms with Crippen molar-refractivity contribution in [1.82, 2.24) is 0 Å². The minimum absolute atomic E-state index is 0.0402. The van der Waals surface area contributed by atoms with E-state index in [0.717, 1.165) is 4.90 Å². The smallest absolute Gasteiger partial charge is 0.0597 e. The molecule has 3 heteroatoms. The number of aliphatic hydroxyl groups excluding tert-OH is 1. The van der Waals surface area contributed by atoms with Crippen molar-refractivity contribution < 1.29 is 9.32 Å². The first-order valence-electron chi connectivity index (χ1n) is 3.82. The van der Waals surface area contributed by atoms with Crippen LogP contribution in [0.1, 0.15) is 6.92 Å². The molecule has 0 saturated carbocycles. The number of hydrogen-bond donors (Lipinski definition) is 1. The Labute approximate surface area is 74.7 Å². The van der Waals surface area contributed by atoms with Crippen molar-refractivity contribution in [3.8, 4) is 0 Å². The standard InChI is InChI=1S/C9H12O2S/c1-8(7-10)12(11)9-5-3-2-4-6-9/h2-6,8,10H,7H2,1H3/t8-,12?/m1/s1. The van der Waals surface area contributed by atoms with E-state index in [0.29, 0.717) is 0 Å². The number of aliphatic hydroxyl groups is 1. The van der Waals surface area contributed by atoms with Crippen molar-refractivity contribution in [1.29, 1.82) is 0 Å². The normalized spacial score (nSPS) is 15.5. The van der Waals surface area contributed by atoms with Gasteiger partial charge in [0.25, 0.3) is 0 Å². The molecule has 0 aliphatic heterocycles. The van der Waals surface area contributed by atoms with Crippen LogP contribution in [0, 0.1) is 0 Å². The molecule has 0 fully saturated rings. The largest absolute Gasteiger partial charge is 0.395 e. The Kier molecular flexibility index (Phi) is 3.44. The van der Waals surface area contributed by atoms with Gasteiger partial charge in [0, 0.05) is 4.90 Å². The van der Waals surface area contributed by atoms with Gasteiger partial charge in [-0.15, -0.1) is 0 Å². The Morgan fingerprint density at radius 1 is 1.42 bits per heavy atom. The summed E-state index contributed by atoms with van der Waals surface area (Å²) in [5, 5.41) is 8.59. The van der Waals surface area contributed by atoms with Gasteiger partial charge in [0.05, 0.1) is 22.7 Å². The van der Waals surface area contributed by atoms with E-state index >= 15 is 0 Å². The summed E-state index contributed by atoms with van der Waals surface area (Å²) in [5.41, 5.74) is 0. The van der Waals surface area contributed by atoms with Gasteiger partial charge in [-0.3, -0.25) is 4.21 Å². The topological polar surface area (TPSA) is 37.3 Å². The first-order valence-corrected chi connectivity index (χ1v) is 5.03. The van der Waals surface area contributed by atoms with E-state index in [1.54, 1.807) is 6.92 Å². The average molecular weight is 184 g/mol. The average Bonchev–Trinajstić information content (AvgIpc) is 2.17. The molecule has 1 N–H and O–H groups in total. The highest BCUT2D eigenvalue weighted by Gasteiger charge is 2.10. The molecule has 0 heterocycles. The predicted octanol–water partition coefficient (Wildman–Crippen LogP) is 1.18. The second kappa shape index (κ2) is 4.38. The molecule has 1 rings (SSSR count). The summed E-state index contributed by atoms with van der Waals surface area (Å²) < 4.78 is 11.5. The van der Waals surface area contributed by atoms with Crippen LogP contribution in [0.15, 0.2) is 35.2 Å². The Bertz CT molecular complexity index is 258. The van der Waals surface area contributed by atoms with Gasteiger partial charge in [0.15, 0.2) is 0 Å². The zero-order valence-electron chi connectivity index (χ0n) is 6.93. The third-order valence-corrected chi connectivity index (χ3v) is 3.21. The molecule has 0 saturated heterocycles. The van der Waals surface area contributed by atoms with E-state index < -0.39 is 10.8 Å². The fourth-order valence-electron chi connectivity index (χ4n) is 0.855. The molecule has 2 nitrogen and oxygen atoms in total. The lowest BCUT2D eigenvalue weighted by Gasteiger charge is -2.06. The van der Waals surface area contributed by atoms with Gasteiger partial charge < -0.3 is 5.11 Å². The van der Waals surface area contributed by atoms with E-state index in [1.807, 2.05) is 30.3 Å². The highest BCUT2D eigenvalue weighted by atomic mass is 32.2. The van der Waals surface area contributed by atoms with Crippen LogP contribution in [-0.2, 0) is 10.8 Å². The lowest BCUT2D eigenvalue weighted by molar-refractivity contribution is 0.298. The van der Waals surface area contributed by atoms with Crippen molar-refractivity contribution in [2.75, 3.05) is 6.61 Å². The molecule has 0 amide bonds. The zero-order chi connectivity index (χ0) is 8.97. The zero-order valence-corrected chi connectivity index (χ0v) is 7.75. The monoisotopic (exact) mass is 184 g/mol. The maximum absolute atomic E-state index is 11.5. The van der Waals surface area contributed by atoms with Crippen LogP contribution in [0.2, 0.25) is 0 Å². The highest BCUT2D eigenvalue weighted by Crippen LogP contribution is 2.09. The minimum Gasteiger partial charge on any atom is -0.395 e. The number of hydrogen-bond acceptors (Lipinski definition) is 2. The van der Waals surface area contributed by atoms with Crippen LogP contribution in [0.5, 0.6) is 0 Å². The third kappa shape index (κ3) is 2.16. The van der Waals surface area contributed by atoms with Crippen LogP contribution in [0.3, 0.4) is 0 Å². The number of rotatable bonds is 3. The Balaban J connectivity index is 2.79. The van der Waals surface area contributed by atoms with Crippen molar-refractivity contribution in [3.63, 3.8) is 0 Å². The fraction of sp³-hybridized carbons (Fsp3) is 0.333. The van der Waals surface area contributed by atoms with E-state index in [4.69, 9.17) is 5.11 Å². The van der Waals surface area contributed by atoms with Gasteiger partial charge in [0.1, 0.15) is 0 Å². The summed E-state index contributed by atoms with van der Waals surface area (Å²) in [6.45, 7) is 1.73. The Morgan fingerprint density at radius 2 is 2.00 bits per heavy atom. The van der Waals surface area contributed by atoms with Gasteiger partial charge >= 0.3 is 0 Å². The molecule has 2 atom stereocenters. The molecule has 1 aromatic carbocycles. The number of benzene rings is 1. The molecule has 0 aromatic heterocycles. The van der Waals surface area contributed by atoms with E-state index in [9.17, 15) is 4.21 Å². The second-order valence-electron chi connectivity index (χ2n) is 2.60. The molecule has 66 valence electrons. The van der Waals surface area contributed by atoms with Crippen molar-refractivity contribution in [3.05, 3.63) is 30.3 Å². The van der Waals surface area contributed by atoms with Gasteiger partial charge in [-0.2, -0.15) is 0 Å². The van der Waals surface area contributed by atoms with Gasteiger partial charge in [-0.25, -0.2) is 0 Å². The van der Waals surface area contributed by atoms with Crippen molar-refractivity contribution >= 4 is 10.8 Å². The SMILES string of the molecule is C[C@H](CO)S(=O)c1ccccc1. The molecule has 0 radical (unpaired) electrons. The summed E-state index contributed by atoms with van der Waals surface area (Å²) in [5.74, 6) is 0. The molecule has 0 aliphatic rings. The first-order chi connectivity index (χ1) is 5.75. The molecule has 0 aliphatic carbocycles. The summed E-state index contributed by atoms with van der Waals surface area (Å²) in [6.07, 6.45) is 0. The second-order valence-corrected chi connectivity index (χ2v) is 4.47. The summed E-state index contributed by atoms with van der Waals surface area (Å²) in [6, 6.07) is 9.18. The molecule has 0 bridgehead atoms. The summed E-state index contributed by atoms with van der Waals surface area (Å²) >= 11 is 0. The van der Waals surface area contributed by atoms with Crippen molar-refractivity contribution in [2.24, 2.45) is 0 Å². The molecule has 12 heavy (non-hydrogen) atoms. The van der Waals surface area contributed by atoms with Crippen LogP contribution in [-0.4, -0.2) is 21.2 Å².